The van der Waals surface area contributed by atoms with Crippen molar-refractivity contribution in [3.63, 3.8) is 0 Å². The molecule has 1 saturated heterocycles. The molecule has 1 aliphatic heterocycles. The second-order valence-electron chi connectivity index (χ2n) is 18.2. The average molecular weight is 837 g/mol. The van der Waals surface area contributed by atoms with E-state index in [0.29, 0.717) is 62.9 Å². The molecule has 1 aliphatic rings. The predicted molar refractivity (Wildman–Crippen MR) is 241 cm³/mol. The number of ether oxygens (including phenoxy) is 5. The molecule has 0 amide bonds. The smallest absolute Gasteiger partial charge is 0.270 e. The number of benzene rings is 3. The standard InChI is InChI=1S/C48H73N2O8P/c1-11-15-17-36(13-3)33-56-44-25-22-41(50(51)52)29-39(44)32-49(31-38-19-23-42(24-20-38)58-35-59(53,47(5,6)7)48(8,9)10)40-21-26-45(43(30-40)46-54-27-28-55-46)57-34-37(14-4)18-16-12-2/h19-26,29-30,36-37,46H,11-18,27-28,31-35H2,1-10H3. The summed E-state index contributed by atoms with van der Waals surface area (Å²) in [6.07, 6.45) is 8.39. The molecule has 2 atom stereocenters. The van der Waals surface area contributed by atoms with Crippen LogP contribution in [-0.4, -0.2) is 48.0 Å². The summed E-state index contributed by atoms with van der Waals surface area (Å²) in [5.74, 6) is 2.87. The lowest BCUT2D eigenvalue weighted by Gasteiger charge is -2.40. The second kappa shape index (κ2) is 22.3. The van der Waals surface area contributed by atoms with Crippen molar-refractivity contribution in [2.45, 2.75) is 150 Å². The van der Waals surface area contributed by atoms with Crippen molar-refractivity contribution in [1.82, 2.24) is 0 Å². The summed E-state index contributed by atoms with van der Waals surface area (Å²) < 4.78 is 45.7. The number of nitro benzene ring substituents is 1. The van der Waals surface area contributed by atoms with Crippen LogP contribution in [0.25, 0.3) is 0 Å². The number of non-ortho nitro benzene ring substituents is 1. The third-order valence-electron chi connectivity index (χ3n) is 11.8. The molecule has 0 aromatic heterocycles. The van der Waals surface area contributed by atoms with Crippen LogP contribution in [0.15, 0.2) is 60.7 Å². The predicted octanol–water partition coefficient (Wildman–Crippen LogP) is 13.3. The Bertz CT molecular complexity index is 1780. The molecule has 10 nitrogen and oxygen atoms in total. The van der Waals surface area contributed by atoms with Gasteiger partial charge in [0.15, 0.2) is 6.29 Å². The normalized spacial score (nSPS) is 14.9. The molecule has 3 aromatic rings. The molecule has 0 aliphatic carbocycles. The first kappa shape index (κ1) is 48.1. The lowest BCUT2D eigenvalue weighted by atomic mass is 10.0. The largest absolute Gasteiger partial charge is 0.493 e. The zero-order chi connectivity index (χ0) is 43.2. The van der Waals surface area contributed by atoms with Crippen molar-refractivity contribution in [3.8, 4) is 17.2 Å². The minimum atomic E-state index is -2.76. The van der Waals surface area contributed by atoms with E-state index in [2.05, 4.69) is 38.7 Å². The van der Waals surface area contributed by atoms with Crippen LogP contribution < -0.4 is 19.1 Å². The van der Waals surface area contributed by atoms with Crippen LogP contribution in [0.2, 0.25) is 0 Å². The maximum Gasteiger partial charge on any atom is 0.270 e. The molecular weight excluding hydrogens is 764 g/mol. The minimum Gasteiger partial charge on any atom is -0.493 e. The molecular formula is C48H73N2O8P. The van der Waals surface area contributed by atoms with E-state index in [1.807, 2.05) is 77.9 Å². The van der Waals surface area contributed by atoms with Gasteiger partial charge in [-0.3, -0.25) is 10.1 Å². The Morgan fingerprint density at radius 1 is 0.763 bits per heavy atom. The van der Waals surface area contributed by atoms with E-state index in [1.165, 1.54) is 12.5 Å². The van der Waals surface area contributed by atoms with Gasteiger partial charge in [0, 0.05) is 46.8 Å². The van der Waals surface area contributed by atoms with E-state index in [9.17, 15) is 14.7 Å². The molecule has 4 rings (SSSR count). The minimum absolute atomic E-state index is 0.0142. The first-order valence-corrected chi connectivity index (χ1v) is 23.9. The van der Waals surface area contributed by atoms with Gasteiger partial charge in [0.05, 0.1) is 36.9 Å². The molecule has 0 bridgehead atoms. The zero-order valence-electron chi connectivity index (χ0n) is 37.7. The van der Waals surface area contributed by atoms with E-state index in [4.69, 9.17) is 23.7 Å². The number of hydrogen-bond acceptors (Lipinski definition) is 9. The molecule has 0 radical (unpaired) electrons. The van der Waals surface area contributed by atoms with E-state index in [1.54, 1.807) is 12.1 Å². The number of unbranched alkanes of at least 4 members (excludes halogenated alkanes) is 2. The Balaban J connectivity index is 1.72. The Kier molecular flexibility index (Phi) is 18.2. The first-order chi connectivity index (χ1) is 28.0. The van der Waals surface area contributed by atoms with Crippen LogP contribution in [-0.2, 0) is 27.1 Å². The van der Waals surface area contributed by atoms with Crippen LogP contribution in [0.1, 0.15) is 144 Å². The molecule has 0 N–H and O–H groups in total. The topological polar surface area (TPSA) is 110 Å². The van der Waals surface area contributed by atoms with Gasteiger partial charge in [-0.25, -0.2) is 0 Å². The summed E-state index contributed by atoms with van der Waals surface area (Å²) in [5.41, 5.74) is 3.44. The highest BCUT2D eigenvalue weighted by Gasteiger charge is 2.46. The van der Waals surface area contributed by atoms with Gasteiger partial charge in [-0.15, -0.1) is 0 Å². The summed E-state index contributed by atoms with van der Waals surface area (Å²) in [7, 11) is -2.76. The van der Waals surface area contributed by atoms with Gasteiger partial charge in [0.1, 0.15) is 30.7 Å². The fourth-order valence-corrected chi connectivity index (χ4v) is 10.8. The molecule has 2 unspecified atom stereocenters. The summed E-state index contributed by atoms with van der Waals surface area (Å²) in [4.78, 5) is 13.9. The fraction of sp³-hybridized carbons (Fsp3) is 0.625. The first-order valence-electron chi connectivity index (χ1n) is 22.0. The maximum atomic E-state index is 14.3. The Morgan fingerprint density at radius 3 is 1.85 bits per heavy atom. The Hall–Kier alpha value is -3.59. The van der Waals surface area contributed by atoms with Crippen LogP contribution in [0, 0.1) is 22.0 Å². The lowest BCUT2D eigenvalue weighted by molar-refractivity contribution is -0.384. The maximum absolute atomic E-state index is 14.3. The molecule has 11 heteroatoms. The van der Waals surface area contributed by atoms with Crippen LogP contribution in [0.3, 0.4) is 0 Å². The van der Waals surface area contributed by atoms with E-state index < -0.39 is 23.7 Å². The van der Waals surface area contributed by atoms with E-state index in [-0.39, 0.29) is 17.0 Å². The van der Waals surface area contributed by atoms with Gasteiger partial charge in [0.2, 0.25) is 0 Å². The number of nitro groups is 1. The van der Waals surface area contributed by atoms with Crippen molar-refractivity contribution < 1.29 is 33.2 Å². The van der Waals surface area contributed by atoms with Crippen molar-refractivity contribution in [2.75, 3.05) is 37.7 Å². The van der Waals surface area contributed by atoms with E-state index >= 15 is 0 Å². The molecule has 1 heterocycles. The van der Waals surface area contributed by atoms with Gasteiger partial charge in [-0.2, -0.15) is 0 Å². The van der Waals surface area contributed by atoms with Gasteiger partial charge in [0.25, 0.3) is 5.69 Å². The summed E-state index contributed by atoms with van der Waals surface area (Å²) in [6.45, 7) is 23.9. The molecule has 0 saturated carbocycles. The summed E-state index contributed by atoms with van der Waals surface area (Å²) in [6, 6.07) is 18.9. The van der Waals surface area contributed by atoms with Crippen molar-refractivity contribution in [1.29, 1.82) is 0 Å². The highest BCUT2D eigenvalue weighted by atomic mass is 31.2. The third kappa shape index (κ3) is 13.5. The monoisotopic (exact) mass is 837 g/mol. The van der Waals surface area contributed by atoms with Gasteiger partial charge in [-0.05, 0) is 66.6 Å². The Labute approximate surface area is 355 Å². The highest BCUT2D eigenvalue weighted by molar-refractivity contribution is 7.66. The number of anilines is 1. The molecule has 59 heavy (non-hydrogen) atoms. The third-order valence-corrected chi connectivity index (χ3v) is 16.6. The van der Waals surface area contributed by atoms with Gasteiger partial charge >= 0.3 is 0 Å². The van der Waals surface area contributed by atoms with Crippen LogP contribution in [0.4, 0.5) is 11.4 Å². The highest BCUT2D eigenvalue weighted by Crippen LogP contribution is 2.66. The van der Waals surface area contributed by atoms with Crippen molar-refractivity contribution >= 4 is 18.5 Å². The number of nitrogens with zero attached hydrogens (tertiary/aromatic N) is 2. The van der Waals surface area contributed by atoms with Crippen molar-refractivity contribution in [3.05, 3.63) is 87.5 Å². The number of rotatable bonds is 24. The van der Waals surface area contributed by atoms with Crippen molar-refractivity contribution in [2.24, 2.45) is 11.8 Å². The quantitative estimate of drug-likeness (QED) is 0.0495. The van der Waals surface area contributed by atoms with Crippen LogP contribution in [0.5, 0.6) is 17.2 Å². The SMILES string of the molecule is CCCCC(CC)COc1ccc([N+](=O)[O-])cc1CN(Cc1ccc(OCP(=O)(C(C)(C)C)C(C)(C)C)cc1)c1ccc(OCC(CC)CCCC)c(C2OCCO2)c1. The van der Waals surface area contributed by atoms with Gasteiger partial charge in [-0.1, -0.05) is 120 Å². The van der Waals surface area contributed by atoms with Crippen LogP contribution >= 0.6 is 7.14 Å². The average Bonchev–Trinajstić information content (AvgIpc) is 3.75. The number of hydrogen-bond donors (Lipinski definition) is 0. The molecule has 1 fully saturated rings. The zero-order valence-corrected chi connectivity index (χ0v) is 38.6. The lowest BCUT2D eigenvalue weighted by Crippen LogP contribution is -2.31. The second-order valence-corrected chi connectivity index (χ2v) is 22.6. The molecule has 0 spiro atoms. The molecule has 3 aromatic carbocycles. The fourth-order valence-electron chi connectivity index (χ4n) is 7.66. The Morgan fingerprint density at radius 2 is 1.32 bits per heavy atom. The molecule has 328 valence electrons. The summed E-state index contributed by atoms with van der Waals surface area (Å²) >= 11 is 0. The summed E-state index contributed by atoms with van der Waals surface area (Å²) in [5, 5.41) is 11.3. The van der Waals surface area contributed by atoms with E-state index in [0.717, 1.165) is 73.1 Å². The van der Waals surface area contributed by atoms with Gasteiger partial charge < -0.3 is 33.1 Å².